The number of hydrogen-bond donors (Lipinski definition) is 0. The van der Waals surface area contributed by atoms with Crippen molar-refractivity contribution in [3.63, 3.8) is 0 Å². The summed E-state index contributed by atoms with van der Waals surface area (Å²) in [6, 6.07) is 19.7. The van der Waals surface area contributed by atoms with E-state index in [-0.39, 0.29) is 24.8 Å². The molecular formula is C25H22F2N2O2. The standard InChI is InChI=1S/C25H22F2N2O2/c1-17-7-2-4-11-22(17)24-14-21(31-28-24)16-29(15-19-8-3-5-12-23(19)27)25(30)18-9-6-10-20(26)13-18/h2-13,21H,14-16H2,1H3/t21-/m0/s1. The van der Waals surface area contributed by atoms with Crippen LogP contribution in [-0.2, 0) is 11.4 Å². The number of amides is 1. The van der Waals surface area contributed by atoms with Gasteiger partial charge in [0.25, 0.3) is 5.91 Å². The molecule has 1 atom stereocenters. The number of rotatable bonds is 6. The highest BCUT2D eigenvalue weighted by atomic mass is 19.1. The summed E-state index contributed by atoms with van der Waals surface area (Å²) in [7, 11) is 0. The van der Waals surface area contributed by atoms with E-state index in [1.54, 1.807) is 24.3 Å². The van der Waals surface area contributed by atoms with Crippen molar-refractivity contribution in [2.24, 2.45) is 5.16 Å². The topological polar surface area (TPSA) is 41.9 Å². The second kappa shape index (κ2) is 9.08. The third-order valence-electron chi connectivity index (χ3n) is 5.29. The molecule has 0 saturated carbocycles. The summed E-state index contributed by atoms with van der Waals surface area (Å²) < 4.78 is 28.0. The van der Waals surface area contributed by atoms with Crippen molar-refractivity contribution in [2.45, 2.75) is 26.0 Å². The number of benzene rings is 3. The molecule has 0 unspecified atom stereocenters. The Hall–Kier alpha value is -3.54. The number of carbonyl (C=O) groups excluding carboxylic acids is 1. The third kappa shape index (κ3) is 4.79. The van der Waals surface area contributed by atoms with E-state index in [9.17, 15) is 13.6 Å². The van der Waals surface area contributed by atoms with E-state index in [1.165, 1.54) is 29.2 Å². The summed E-state index contributed by atoms with van der Waals surface area (Å²) >= 11 is 0. The second-order valence-corrected chi connectivity index (χ2v) is 7.57. The first kappa shape index (κ1) is 20.7. The van der Waals surface area contributed by atoms with Crippen molar-refractivity contribution in [1.82, 2.24) is 4.90 Å². The summed E-state index contributed by atoms with van der Waals surface area (Å²) in [5, 5.41) is 4.22. The van der Waals surface area contributed by atoms with Gasteiger partial charge in [-0.05, 0) is 36.8 Å². The lowest BCUT2D eigenvalue weighted by atomic mass is 10.00. The van der Waals surface area contributed by atoms with Crippen LogP contribution in [0, 0.1) is 18.6 Å². The zero-order chi connectivity index (χ0) is 21.8. The molecule has 0 aromatic heterocycles. The maximum absolute atomic E-state index is 14.3. The van der Waals surface area contributed by atoms with Gasteiger partial charge >= 0.3 is 0 Å². The van der Waals surface area contributed by atoms with Crippen molar-refractivity contribution < 1.29 is 18.4 Å². The van der Waals surface area contributed by atoms with Crippen molar-refractivity contribution in [2.75, 3.05) is 6.54 Å². The zero-order valence-corrected chi connectivity index (χ0v) is 17.1. The molecule has 31 heavy (non-hydrogen) atoms. The predicted molar refractivity (Wildman–Crippen MR) is 115 cm³/mol. The predicted octanol–water partition coefficient (Wildman–Crippen LogP) is 5.11. The smallest absolute Gasteiger partial charge is 0.254 e. The number of nitrogens with zero attached hydrogens (tertiary/aromatic N) is 2. The minimum absolute atomic E-state index is 0.0432. The average Bonchev–Trinajstić information content (AvgIpc) is 3.23. The SMILES string of the molecule is Cc1ccccc1C1=NO[C@H](CN(Cc2ccccc2F)C(=O)c2cccc(F)c2)C1. The number of hydrogen-bond acceptors (Lipinski definition) is 3. The first-order chi connectivity index (χ1) is 15.0. The molecule has 0 saturated heterocycles. The molecule has 1 aliphatic heterocycles. The number of aryl methyl sites for hydroxylation is 1. The van der Waals surface area contributed by atoms with Gasteiger partial charge < -0.3 is 9.74 Å². The zero-order valence-electron chi connectivity index (χ0n) is 17.1. The van der Waals surface area contributed by atoms with Crippen LogP contribution >= 0.6 is 0 Å². The van der Waals surface area contributed by atoms with E-state index in [4.69, 9.17) is 4.84 Å². The Bertz CT molecular complexity index is 1130. The fraction of sp³-hybridized carbons (Fsp3) is 0.200. The summed E-state index contributed by atoms with van der Waals surface area (Å²) in [4.78, 5) is 20.2. The molecule has 1 aliphatic rings. The van der Waals surface area contributed by atoms with E-state index in [2.05, 4.69) is 5.16 Å². The number of oxime groups is 1. The molecule has 0 bridgehead atoms. The van der Waals surface area contributed by atoms with Gasteiger partial charge in [-0.25, -0.2) is 8.78 Å². The molecule has 158 valence electrons. The van der Waals surface area contributed by atoms with Crippen LogP contribution in [0.15, 0.2) is 78.0 Å². The first-order valence-corrected chi connectivity index (χ1v) is 10.1. The fourth-order valence-corrected chi connectivity index (χ4v) is 3.68. The molecule has 4 rings (SSSR count). The second-order valence-electron chi connectivity index (χ2n) is 7.57. The summed E-state index contributed by atoms with van der Waals surface area (Å²) in [5.74, 6) is -1.29. The van der Waals surface area contributed by atoms with Crippen molar-refractivity contribution >= 4 is 11.6 Å². The lowest BCUT2D eigenvalue weighted by molar-refractivity contribution is 0.0402. The van der Waals surface area contributed by atoms with Gasteiger partial charge in [-0.2, -0.15) is 0 Å². The van der Waals surface area contributed by atoms with Crippen LogP contribution < -0.4 is 0 Å². The molecule has 6 heteroatoms. The summed E-state index contributed by atoms with van der Waals surface area (Å²) in [5.41, 5.74) is 3.48. The largest absolute Gasteiger partial charge is 0.390 e. The first-order valence-electron chi connectivity index (χ1n) is 10.1. The summed E-state index contributed by atoms with van der Waals surface area (Å²) in [6.07, 6.45) is 0.147. The summed E-state index contributed by atoms with van der Waals surface area (Å²) in [6.45, 7) is 2.24. The van der Waals surface area contributed by atoms with Crippen LogP contribution in [-0.4, -0.2) is 29.2 Å². The Morgan fingerprint density at radius 2 is 1.84 bits per heavy atom. The molecule has 0 aliphatic carbocycles. The fourth-order valence-electron chi connectivity index (χ4n) is 3.68. The minimum Gasteiger partial charge on any atom is -0.390 e. The van der Waals surface area contributed by atoms with Gasteiger partial charge in [0.05, 0.1) is 12.3 Å². The van der Waals surface area contributed by atoms with E-state index in [0.717, 1.165) is 16.8 Å². The molecule has 4 nitrogen and oxygen atoms in total. The van der Waals surface area contributed by atoms with Gasteiger partial charge in [0.2, 0.25) is 0 Å². The van der Waals surface area contributed by atoms with Crippen molar-refractivity contribution in [1.29, 1.82) is 0 Å². The molecule has 0 fully saturated rings. The molecule has 0 radical (unpaired) electrons. The van der Waals surface area contributed by atoms with Crippen LogP contribution in [0.2, 0.25) is 0 Å². The highest BCUT2D eigenvalue weighted by Crippen LogP contribution is 2.22. The number of carbonyl (C=O) groups is 1. The van der Waals surface area contributed by atoms with E-state index < -0.39 is 17.5 Å². The highest BCUT2D eigenvalue weighted by Gasteiger charge is 2.28. The highest BCUT2D eigenvalue weighted by molar-refractivity contribution is 6.02. The monoisotopic (exact) mass is 420 g/mol. The molecule has 3 aromatic carbocycles. The van der Waals surface area contributed by atoms with E-state index in [1.807, 2.05) is 31.2 Å². The molecule has 1 amide bonds. The lowest BCUT2D eigenvalue weighted by Crippen LogP contribution is -2.37. The van der Waals surface area contributed by atoms with Gasteiger partial charge in [0.1, 0.15) is 11.6 Å². The van der Waals surface area contributed by atoms with Gasteiger partial charge in [-0.15, -0.1) is 0 Å². The normalized spacial score (nSPS) is 15.3. The Morgan fingerprint density at radius 3 is 2.61 bits per heavy atom. The van der Waals surface area contributed by atoms with Crippen LogP contribution in [0.4, 0.5) is 8.78 Å². The Morgan fingerprint density at radius 1 is 1.06 bits per heavy atom. The molecule has 0 spiro atoms. The quantitative estimate of drug-likeness (QED) is 0.556. The van der Waals surface area contributed by atoms with Crippen LogP contribution in [0.1, 0.15) is 33.5 Å². The van der Waals surface area contributed by atoms with Crippen molar-refractivity contribution in [3.8, 4) is 0 Å². The van der Waals surface area contributed by atoms with Gasteiger partial charge in [0, 0.05) is 29.7 Å². The number of halogens is 2. The maximum Gasteiger partial charge on any atom is 0.254 e. The van der Waals surface area contributed by atoms with Gasteiger partial charge in [0.15, 0.2) is 6.10 Å². The van der Waals surface area contributed by atoms with Gasteiger partial charge in [-0.3, -0.25) is 4.79 Å². The third-order valence-corrected chi connectivity index (χ3v) is 5.29. The molecule has 3 aromatic rings. The van der Waals surface area contributed by atoms with Crippen LogP contribution in [0.3, 0.4) is 0 Å². The average molecular weight is 420 g/mol. The van der Waals surface area contributed by atoms with Gasteiger partial charge in [-0.1, -0.05) is 53.7 Å². The van der Waals surface area contributed by atoms with Crippen LogP contribution in [0.25, 0.3) is 0 Å². The Balaban J connectivity index is 1.54. The Labute approximate surface area is 179 Å². The molecule has 0 N–H and O–H groups in total. The molecule has 1 heterocycles. The van der Waals surface area contributed by atoms with Crippen molar-refractivity contribution in [3.05, 3.63) is 107 Å². The lowest BCUT2D eigenvalue weighted by Gasteiger charge is -2.25. The van der Waals surface area contributed by atoms with E-state index in [0.29, 0.717) is 12.0 Å². The van der Waals surface area contributed by atoms with E-state index >= 15 is 0 Å². The Kier molecular flexibility index (Phi) is 6.07. The minimum atomic E-state index is -0.501. The maximum atomic E-state index is 14.3. The van der Waals surface area contributed by atoms with Crippen LogP contribution in [0.5, 0.6) is 0 Å². The molecular weight excluding hydrogens is 398 g/mol.